The molecule has 1 nitrogen and oxygen atoms in total. The number of hydrogen-bond acceptors (Lipinski definition) is 1. The first kappa shape index (κ1) is 12.6. The highest BCUT2D eigenvalue weighted by atomic mass is 14.4. The van der Waals surface area contributed by atoms with Crippen LogP contribution in [-0.2, 0) is 0 Å². The third-order valence-corrected chi connectivity index (χ3v) is 3.65. The molecule has 0 N–H and O–H groups in total. The van der Waals surface area contributed by atoms with Gasteiger partial charge in [-0.15, -0.1) is 0 Å². The van der Waals surface area contributed by atoms with Crippen molar-refractivity contribution in [3.05, 3.63) is 0 Å². The van der Waals surface area contributed by atoms with Crippen molar-refractivity contribution in [2.24, 2.45) is 10.8 Å². The highest BCUT2D eigenvalue weighted by molar-refractivity contribution is 5.00. The van der Waals surface area contributed by atoms with Crippen LogP contribution in [0.2, 0.25) is 0 Å². The molecular weight excluding hydrogens is 182 g/mol. The van der Waals surface area contributed by atoms with Gasteiger partial charge in [0.25, 0.3) is 0 Å². The Labute approximate surface area is 94.9 Å². The fraction of sp³-hybridized carbons (Fsp3) is 0.929. The maximum atomic E-state index is 9.41. The molecule has 0 aromatic rings. The van der Waals surface area contributed by atoms with Crippen molar-refractivity contribution in [2.75, 3.05) is 0 Å². The molecule has 1 fully saturated rings. The first-order valence-electron chi connectivity index (χ1n) is 6.39. The molecule has 0 saturated heterocycles. The molecule has 0 atom stereocenters. The SMILES string of the molecule is CC(C)(C)CCC1(C#N)CCCCCC1. The van der Waals surface area contributed by atoms with Crippen LogP contribution in [0.5, 0.6) is 0 Å². The molecule has 0 aromatic heterocycles. The van der Waals surface area contributed by atoms with Gasteiger partial charge in [0.1, 0.15) is 0 Å². The second kappa shape index (κ2) is 5.01. The Morgan fingerprint density at radius 1 is 1.07 bits per heavy atom. The zero-order chi connectivity index (χ0) is 11.4. The monoisotopic (exact) mass is 207 g/mol. The molecule has 1 aliphatic rings. The van der Waals surface area contributed by atoms with Gasteiger partial charge in [0.05, 0.1) is 11.5 Å². The molecular formula is C14H25N. The van der Waals surface area contributed by atoms with Crippen LogP contribution in [0.15, 0.2) is 0 Å². The van der Waals surface area contributed by atoms with E-state index in [1.165, 1.54) is 32.1 Å². The van der Waals surface area contributed by atoms with Crippen molar-refractivity contribution in [1.82, 2.24) is 0 Å². The molecule has 15 heavy (non-hydrogen) atoms. The summed E-state index contributed by atoms with van der Waals surface area (Å²) >= 11 is 0. The van der Waals surface area contributed by atoms with E-state index in [9.17, 15) is 5.26 Å². The van der Waals surface area contributed by atoms with Gasteiger partial charge in [-0.25, -0.2) is 0 Å². The quantitative estimate of drug-likeness (QED) is 0.603. The van der Waals surface area contributed by atoms with E-state index >= 15 is 0 Å². The minimum absolute atomic E-state index is 0.0176. The maximum Gasteiger partial charge on any atom is 0.0689 e. The summed E-state index contributed by atoms with van der Waals surface area (Å²) in [6, 6.07) is 2.63. The third-order valence-electron chi connectivity index (χ3n) is 3.65. The second-order valence-corrected chi connectivity index (χ2v) is 6.37. The summed E-state index contributed by atoms with van der Waals surface area (Å²) < 4.78 is 0. The van der Waals surface area contributed by atoms with Gasteiger partial charge in [0.2, 0.25) is 0 Å². The fourth-order valence-electron chi connectivity index (χ4n) is 2.44. The first-order chi connectivity index (χ1) is 6.97. The Morgan fingerprint density at radius 3 is 2.00 bits per heavy atom. The first-order valence-corrected chi connectivity index (χ1v) is 6.39. The average Bonchev–Trinajstić information content (AvgIpc) is 2.40. The van der Waals surface area contributed by atoms with E-state index in [0.29, 0.717) is 5.41 Å². The molecule has 0 aliphatic heterocycles. The van der Waals surface area contributed by atoms with Gasteiger partial charge in [-0.3, -0.25) is 0 Å². The van der Waals surface area contributed by atoms with Gasteiger partial charge in [-0.05, 0) is 31.1 Å². The highest BCUT2D eigenvalue weighted by Crippen LogP contribution is 2.40. The van der Waals surface area contributed by atoms with Crippen molar-refractivity contribution in [2.45, 2.75) is 72.1 Å². The Hall–Kier alpha value is -0.510. The van der Waals surface area contributed by atoms with Crippen molar-refractivity contribution in [3.63, 3.8) is 0 Å². The van der Waals surface area contributed by atoms with Crippen LogP contribution >= 0.6 is 0 Å². The van der Waals surface area contributed by atoms with E-state index < -0.39 is 0 Å². The minimum Gasteiger partial charge on any atom is -0.198 e. The summed E-state index contributed by atoms with van der Waals surface area (Å²) in [6.45, 7) is 6.82. The fourth-order valence-corrected chi connectivity index (χ4v) is 2.44. The van der Waals surface area contributed by atoms with Crippen molar-refractivity contribution >= 4 is 0 Å². The highest BCUT2D eigenvalue weighted by Gasteiger charge is 2.31. The topological polar surface area (TPSA) is 23.8 Å². The number of nitrogens with zero attached hydrogens (tertiary/aromatic N) is 1. The van der Waals surface area contributed by atoms with Gasteiger partial charge in [-0.2, -0.15) is 5.26 Å². The molecule has 0 spiro atoms. The standard InChI is InChI=1S/C14H25N/c1-13(2,3)10-11-14(12-15)8-6-4-5-7-9-14/h4-11H2,1-3H3. The van der Waals surface area contributed by atoms with E-state index in [4.69, 9.17) is 0 Å². The van der Waals surface area contributed by atoms with Gasteiger partial charge in [0.15, 0.2) is 0 Å². The predicted molar refractivity (Wildman–Crippen MR) is 64.4 cm³/mol. The summed E-state index contributed by atoms with van der Waals surface area (Å²) in [5.41, 5.74) is 0.389. The Balaban J connectivity index is 2.55. The second-order valence-electron chi connectivity index (χ2n) is 6.37. The summed E-state index contributed by atoms with van der Waals surface area (Å²) in [6.07, 6.45) is 9.75. The largest absolute Gasteiger partial charge is 0.198 e. The molecule has 86 valence electrons. The zero-order valence-electron chi connectivity index (χ0n) is 10.6. The van der Waals surface area contributed by atoms with Crippen LogP contribution in [0.3, 0.4) is 0 Å². The summed E-state index contributed by atoms with van der Waals surface area (Å²) in [5.74, 6) is 0. The molecule has 0 unspecified atom stereocenters. The summed E-state index contributed by atoms with van der Waals surface area (Å²) in [5, 5.41) is 9.41. The van der Waals surface area contributed by atoms with E-state index in [1.807, 2.05) is 0 Å². The summed E-state index contributed by atoms with van der Waals surface area (Å²) in [4.78, 5) is 0. The molecule has 1 aliphatic carbocycles. The Bertz CT molecular complexity index is 221. The van der Waals surface area contributed by atoms with E-state index in [-0.39, 0.29) is 5.41 Å². The van der Waals surface area contributed by atoms with Gasteiger partial charge in [-0.1, -0.05) is 46.5 Å². The Morgan fingerprint density at radius 2 is 1.60 bits per heavy atom. The van der Waals surface area contributed by atoms with Crippen LogP contribution < -0.4 is 0 Å². The predicted octanol–water partition coefficient (Wildman–Crippen LogP) is 4.68. The van der Waals surface area contributed by atoms with Crippen LogP contribution in [0.1, 0.15) is 72.1 Å². The van der Waals surface area contributed by atoms with E-state index in [2.05, 4.69) is 26.8 Å². The molecule has 0 bridgehead atoms. The molecule has 1 rings (SSSR count). The molecule has 0 radical (unpaired) electrons. The van der Waals surface area contributed by atoms with E-state index in [1.54, 1.807) is 0 Å². The Kier molecular flexibility index (Phi) is 4.20. The number of rotatable bonds is 2. The van der Waals surface area contributed by atoms with Crippen molar-refractivity contribution < 1.29 is 0 Å². The lowest BCUT2D eigenvalue weighted by Gasteiger charge is -2.28. The lowest BCUT2D eigenvalue weighted by molar-refractivity contribution is 0.248. The normalized spacial score (nSPS) is 21.7. The average molecular weight is 207 g/mol. The van der Waals surface area contributed by atoms with Crippen LogP contribution in [0.25, 0.3) is 0 Å². The van der Waals surface area contributed by atoms with Crippen LogP contribution in [-0.4, -0.2) is 0 Å². The third kappa shape index (κ3) is 4.24. The number of hydrogen-bond donors (Lipinski definition) is 0. The molecule has 1 heteroatoms. The van der Waals surface area contributed by atoms with Gasteiger partial charge >= 0.3 is 0 Å². The molecule has 0 amide bonds. The van der Waals surface area contributed by atoms with Crippen LogP contribution in [0, 0.1) is 22.2 Å². The molecule has 1 saturated carbocycles. The molecule has 0 aromatic carbocycles. The smallest absolute Gasteiger partial charge is 0.0689 e. The molecule has 0 heterocycles. The summed E-state index contributed by atoms with van der Waals surface area (Å²) in [7, 11) is 0. The zero-order valence-corrected chi connectivity index (χ0v) is 10.6. The lowest BCUT2D eigenvalue weighted by Crippen LogP contribution is -2.20. The van der Waals surface area contributed by atoms with Crippen molar-refractivity contribution in [3.8, 4) is 6.07 Å². The minimum atomic E-state index is 0.0176. The van der Waals surface area contributed by atoms with Crippen molar-refractivity contribution in [1.29, 1.82) is 5.26 Å². The number of nitriles is 1. The maximum absolute atomic E-state index is 9.41. The van der Waals surface area contributed by atoms with Crippen LogP contribution in [0.4, 0.5) is 0 Å². The lowest BCUT2D eigenvalue weighted by atomic mass is 9.74. The van der Waals surface area contributed by atoms with Gasteiger partial charge < -0.3 is 0 Å². The van der Waals surface area contributed by atoms with Gasteiger partial charge in [0, 0.05) is 0 Å². The van der Waals surface area contributed by atoms with E-state index in [0.717, 1.165) is 19.3 Å².